The quantitative estimate of drug-likeness (QED) is 0.880. The molecule has 0 atom stereocenters. The van der Waals surface area contributed by atoms with E-state index in [0.717, 1.165) is 31.7 Å². The summed E-state index contributed by atoms with van der Waals surface area (Å²) >= 11 is 0. The maximum absolute atomic E-state index is 12.1. The van der Waals surface area contributed by atoms with Crippen LogP contribution >= 0.6 is 0 Å². The van der Waals surface area contributed by atoms with Crippen LogP contribution < -0.4 is 10.6 Å². The van der Waals surface area contributed by atoms with Gasteiger partial charge in [-0.15, -0.1) is 0 Å². The van der Waals surface area contributed by atoms with Gasteiger partial charge in [0.2, 0.25) is 5.91 Å². The number of hydrogen-bond acceptors (Lipinski definition) is 4. The Morgan fingerprint density at radius 2 is 2.22 bits per heavy atom. The number of nitrogens with zero attached hydrogens (tertiary/aromatic N) is 2. The van der Waals surface area contributed by atoms with Crippen molar-refractivity contribution in [3.63, 3.8) is 0 Å². The minimum absolute atomic E-state index is 0.119. The first-order chi connectivity index (χ1) is 8.66. The van der Waals surface area contributed by atoms with E-state index in [1.165, 1.54) is 0 Å². The number of amides is 1. The third kappa shape index (κ3) is 3.20. The smallest absolute Gasteiger partial charge is 0.227 e. The topological polar surface area (TPSA) is 68.5 Å². The molecule has 0 aliphatic carbocycles. The van der Waals surface area contributed by atoms with Crippen LogP contribution in [0.15, 0.2) is 18.3 Å². The van der Waals surface area contributed by atoms with Crippen LogP contribution in [0.2, 0.25) is 0 Å². The second-order valence-corrected chi connectivity index (χ2v) is 4.65. The molecule has 2 heterocycles. The Kier molecular flexibility index (Phi) is 4.15. The van der Waals surface area contributed by atoms with E-state index in [-0.39, 0.29) is 5.91 Å². The van der Waals surface area contributed by atoms with E-state index >= 15 is 0 Å². The highest BCUT2D eigenvalue weighted by atomic mass is 16.5. The van der Waals surface area contributed by atoms with Crippen molar-refractivity contribution in [2.45, 2.75) is 19.3 Å². The highest BCUT2D eigenvalue weighted by molar-refractivity contribution is 5.92. The van der Waals surface area contributed by atoms with E-state index in [0.29, 0.717) is 18.2 Å². The molecule has 5 nitrogen and oxygen atoms in total. The normalized spacial score (nSPS) is 16.5. The van der Waals surface area contributed by atoms with E-state index < -0.39 is 0 Å². The van der Waals surface area contributed by atoms with E-state index in [1.807, 2.05) is 6.07 Å². The largest absolute Gasteiger partial charge is 0.384 e. The number of aromatic nitrogens is 1. The predicted molar refractivity (Wildman–Crippen MR) is 70.2 cm³/mol. The van der Waals surface area contributed by atoms with Gasteiger partial charge in [0.15, 0.2) is 0 Å². The summed E-state index contributed by atoms with van der Waals surface area (Å²) in [5.41, 5.74) is 6.30. The number of anilines is 2. The summed E-state index contributed by atoms with van der Waals surface area (Å²) in [5.74, 6) is 1.02. The van der Waals surface area contributed by atoms with Crippen LogP contribution in [-0.4, -0.2) is 31.2 Å². The fraction of sp³-hybridized carbons (Fsp3) is 0.538. The molecule has 0 aromatic carbocycles. The third-order valence-electron chi connectivity index (χ3n) is 3.34. The lowest BCUT2D eigenvalue weighted by Gasteiger charge is -2.24. The zero-order valence-corrected chi connectivity index (χ0v) is 10.6. The molecule has 1 saturated heterocycles. The summed E-state index contributed by atoms with van der Waals surface area (Å²) in [6.07, 6.45) is 4.14. The summed E-state index contributed by atoms with van der Waals surface area (Å²) in [4.78, 5) is 17.8. The van der Waals surface area contributed by atoms with Crippen LogP contribution in [0, 0.1) is 5.92 Å². The monoisotopic (exact) mass is 249 g/mol. The molecule has 98 valence electrons. The van der Waals surface area contributed by atoms with Crippen molar-refractivity contribution in [1.82, 2.24) is 4.98 Å². The Hall–Kier alpha value is -1.62. The van der Waals surface area contributed by atoms with Crippen LogP contribution in [0.25, 0.3) is 0 Å². The van der Waals surface area contributed by atoms with Gasteiger partial charge >= 0.3 is 0 Å². The molecule has 0 radical (unpaired) electrons. The maximum Gasteiger partial charge on any atom is 0.227 e. The van der Waals surface area contributed by atoms with Crippen molar-refractivity contribution in [2.75, 3.05) is 30.9 Å². The SMILES string of the molecule is CN(C(=O)CC1CCOCC1)c1ccc(N)nc1. The molecule has 5 heteroatoms. The molecule has 1 amide bonds. The van der Waals surface area contributed by atoms with Gasteiger partial charge in [-0.3, -0.25) is 4.79 Å². The Morgan fingerprint density at radius 1 is 1.50 bits per heavy atom. The van der Waals surface area contributed by atoms with Gasteiger partial charge in [-0.05, 0) is 30.9 Å². The highest BCUT2D eigenvalue weighted by Crippen LogP contribution is 2.21. The van der Waals surface area contributed by atoms with Crippen molar-refractivity contribution in [2.24, 2.45) is 5.92 Å². The first kappa shape index (κ1) is 12.8. The molecule has 1 aromatic rings. The summed E-state index contributed by atoms with van der Waals surface area (Å²) in [5, 5.41) is 0. The Morgan fingerprint density at radius 3 is 2.83 bits per heavy atom. The van der Waals surface area contributed by atoms with Gasteiger partial charge in [0.25, 0.3) is 0 Å². The number of rotatable bonds is 3. The molecule has 0 saturated carbocycles. The summed E-state index contributed by atoms with van der Waals surface area (Å²) in [6.45, 7) is 1.54. The molecule has 0 spiro atoms. The average molecular weight is 249 g/mol. The molecule has 1 aliphatic heterocycles. The Bertz CT molecular complexity index is 399. The zero-order valence-electron chi connectivity index (χ0n) is 10.6. The molecule has 18 heavy (non-hydrogen) atoms. The van der Waals surface area contributed by atoms with Crippen LogP contribution in [0.4, 0.5) is 11.5 Å². The van der Waals surface area contributed by atoms with Gasteiger partial charge < -0.3 is 15.4 Å². The second kappa shape index (κ2) is 5.82. The lowest BCUT2D eigenvalue weighted by atomic mass is 9.96. The summed E-state index contributed by atoms with van der Waals surface area (Å²) in [6, 6.07) is 3.51. The van der Waals surface area contributed by atoms with E-state index in [9.17, 15) is 4.79 Å². The molecular formula is C13H19N3O2. The second-order valence-electron chi connectivity index (χ2n) is 4.65. The van der Waals surface area contributed by atoms with E-state index in [1.54, 1.807) is 24.2 Å². The van der Waals surface area contributed by atoms with Crippen LogP contribution in [0.5, 0.6) is 0 Å². The first-order valence-corrected chi connectivity index (χ1v) is 6.22. The van der Waals surface area contributed by atoms with Crippen molar-refractivity contribution < 1.29 is 9.53 Å². The van der Waals surface area contributed by atoms with Crippen LogP contribution in [0.3, 0.4) is 0 Å². The fourth-order valence-corrected chi connectivity index (χ4v) is 2.07. The Balaban J connectivity index is 1.93. The van der Waals surface area contributed by atoms with Crippen LogP contribution in [0.1, 0.15) is 19.3 Å². The number of pyridine rings is 1. The number of hydrogen-bond donors (Lipinski definition) is 1. The first-order valence-electron chi connectivity index (χ1n) is 6.22. The van der Waals surface area contributed by atoms with Crippen molar-refractivity contribution >= 4 is 17.4 Å². The molecule has 0 unspecified atom stereocenters. The van der Waals surface area contributed by atoms with Gasteiger partial charge in [0, 0.05) is 26.7 Å². The number of ether oxygens (including phenoxy) is 1. The number of carbonyl (C=O) groups is 1. The lowest BCUT2D eigenvalue weighted by Crippen LogP contribution is -2.30. The minimum Gasteiger partial charge on any atom is -0.384 e. The molecule has 2 rings (SSSR count). The number of nitrogen functional groups attached to an aromatic ring is 1. The fourth-order valence-electron chi connectivity index (χ4n) is 2.07. The van der Waals surface area contributed by atoms with Gasteiger partial charge in [-0.1, -0.05) is 0 Å². The number of nitrogens with two attached hydrogens (primary N) is 1. The van der Waals surface area contributed by atoms with Crippen molar-refractivity contribution in [3.8, 4) is 0 Å². The molecular weight excluding hydrogens is 230 g/mol. The predicted octanol–water partition coefficient (Wildman–Crippen LogP) is 1.44. The third-order valence-corrected chi connectivity index (χ3v) is 3.34. The van der Waals surface area contributed by atoms with Gasteiger partial charge in [-0.25, -0.2) is 4.98 Å². The zero-order chi connectivity index (χ0) is 13.0. The highest BCUT2D eigenvalue weighted by Gasteiger charge is 2.20. The minimum atomic E-state index is 0.119. The Labute approximate surface area is 107 Å². The molecule has 0 bridgehead atoms. The van der Waals surface area contributed by atoms with Gasteiger partial charge in [0.05, 0.1) is 11.9 Å². The van der Waals surface area contributed by atoms with Crippen molar-refractivity contribution in [1.29, 1.82) is 0 Å². The standard InChI is InChI=1S/C13H19N3O2/c1-16(11-2-3-12(14)15-9-11)13(17)8-10-4-6-18-7-5-10/h2-3,9-10H,4-8H2,1H3,(H2,14,15). The maximum atomic E-state index is 12.1. The van der Waals surface area contributed by atoms with E-state index in [2.05, 4.69) is 4.98 Å². The van der Waals surface area contributed by atoms with Crippen molar-refractivity contribution in [3.05, 3.63) is 18.3 Å². The van der Waals surface area contributed by atoms with Crippen LogP contribution in [-0.2, 0) is 9.53 Å². The molecule has 2 N–H and O–H groups in total. The van der Waals surface area contributed by atoms with Gasteiger partial charge in [-0.2, -0.15) is 0 Å². The lowest BCUT2D eigenvalue weighted by molar-refractivity contribution is -0.119. The average Bonchev–Trinajstić information content (AvgIpc) is 2.40. The number of carbonyl (C=O) groups excluding carboxylic acids is 1. The van der Waals surface area contributed by atoms with Gasteiger partial charge in [0.1, 0.15) is 5.82 Å². The summed E-state index contributed by atoms with van der Waals surface area (Å²) in [7, 11) is 1.77. The molecule has 1 aliphatic rings. The van der Waals surface area contributed by atoms with E-state index in [4.69, 9.17) is 10.5 Å². The molecule has 1 fully saturated rings. The molecule has 1 aromatic heterocycles. The summed E-state index contributed by atoms with van der Waals surface area (Å²) < 4.78 is 5.29.